The van der Waals surface area contributed by atoms with Crippen molar-refractivity contribution in [2.24, 2.45) is 0 Å². The normalized spacial score (nSPS) is 11.2. The summed E-state index contributed by atoms with van der Waals surface area (Å²) in [6.07, 6.45) is 2.38. The van der Waals surface area contributed by atoms with Crippen LogP contribution in [0.1, 0.15) is 21.6 Å². The Morgan fingerprint density at radius 1 is 0.964 bits per heavy atom. The molecule has 0 aliphatic carbocycles. The minimum absolute atomic E-state index is 0.0153. The summed E-state index contributed by atoms with van der Waals surface area (Å²) < 4.78 is 23.7. The van der Waals surface area contributed by atoms with Crippen LogP contribution in [0.2, 0.25) is 0 Å². The van der Waals surface area contributed by atoms with Gasteiger partial charge in [0.1, 0.15) is 5.69 Å². The first-order chi connectivity index (χ1) is 13.2. The molecule has 8 heteroatoms. The van der Waals surface area contributed by atoms with Crippen LogP contribution in [-0.4, -0.2) is 30.5 Å². The van der Waals surface area contributed by atoms with Crippen LogP contribution in [0.15, 0.2) is 69.7 Å². The van der Waals surface area contributed by atoms with Crippen LogP contribution in [-0.2, 0) is 9.84 Å². The molecule has 0 fully saturated rings. The summed E-state index contributed by atoms with van der Waals surface area (Å²) in [5, 5.41) is 2.38. The fourth-order valence-corrected chi connectivity index (χ4v) is 3.70. The molecule has 0 radical (unpaired) electrons. The standard InChI is InChI=1S/C20H19N3O3S2/c1-13-4-8-15(9-5-13)22-19(24)18-17(12-21-20(23-18)28(3,25)26)27-16-10-6-14(2)7-11-16/h4-12H,1-3H3,(H,22,24). The van der Waals surface area contributed by atoms with Crippen molar-refractivity contribution in [3.05, 3.63) is 71.5 Å². The first kappa shape index (κ1) is 20.0. The molecule has 1 heterocycles. The van der Waals surface area contributed by atoms with Gasteiger partial charge in [0.15, 0.2) is 0 Å². The predicted molar refractivity (Wildman–Crippen MR) is 110 cm³/mol. The highest BCUT2D eigenvalue weighted by atomic mass is 32.2. The van der Waals surface area contributed by atoms with Crippen molar-refractivity contribution in [3.8, 4) is 0 Å². The van der Waals surface area contributed by atoms with Crippen molar-refractivity contribution in [1.29, 1.82) is 0 Å². The monoisotopic (exact) mass is 413 g/mol. The Morgan fingerprint density at radius 2 is 1.54 bits per heavy atom. The first-order valence-corrected chi connectivity index (χ1v) is 11.1. The summed E-state index contributed by atoms with van der Waals surface area (Å²) in [6.45, 7) is 3.93. The highest BCUT2D eigenvalue weighted by Crippen LogP contribution is 2.30. The number of hydrogen-bond donors (Lipinski definition) is 1. The number of benzene rings is 2. The van der Waals surface area contributed by atoms with Gasteiger partial charge in [-0.05, 0) is 38.1 Å². The Kier molecular flexibility index (Phi) is 5.81. The number of carbonyl (C=O) groups is 1. The lowest BCUT2D eigenvalue weighted by atomic mass is 10.2. The molecule has 3 rings (SSSR count). The number of anilines is 1. The number of amides is 1. The predicted octanol–water partition coefficient (Wildman–Crippen LogP) is 3.90. The molecule has 0 saturated carbocycles. The van der Waals surface area contributed by atoms with Crippen molar-refractivity contribution in [2.75, 3.05) is 11.6 Å². The van der Waals surface area contributed by atoms with E-state index in [1.807, 2.05) is 50.2 Å². The van der Waals surface area contributed by atoms with E-state index in [0.29, 0.717) is 10.6 Å². The smallest absolute Gasteiger partial charge is 0.275 e. The van der Waals surface area contributed by atoms with E-state index in [1.54, 1.807) is 12.1 Å². The minimum atomic E-state index is -3.64. The van der Waals surface area contributed by atoms with E-state index in [1.165, 1.54) is 18.0 Å². The van der Waals surface area contributed by atoms with E-state index in [9.17, 15) is 13.2 Å². The average molecular weight is 414 g/mol. The van der Waals surface area contributed by atoms with E-state index in [-0.39, 0.29) is 10.9 Å². The zero-order valence-corrected chi connectivity index (χ0v) is 17.3. The van der Waals surface area contributed by atoms with Crippen LogP contribution < -0.4 is 5.32 Å². The number of aryl methyl sites for hydroxylation is 2. The van der Waals surface area contributed by atoms with Gasteiger partial charge in [0.2, 0.25) is 15.0 Å². The molecule has 0 spiro atoms. The molecule has 1 aromatic heterocycles. The highest BCUT2D eigenvalue weighted by molar-refractivity contribution is 7.99. The fourth-order valence-electron chi connectivity index (χ4n) is 2.33. The lowest BCUT2D eigenvalue weighted by Crippen LogP contribution is -2.17. The second kappa shape index (κ2) is 8.12. The second-order valence-electron chi connectivity index (χ2n) is 6.37. The van der Waals surface area contributed by atoms with Gasteiger partial charge in [-0.25, -0.2) is 18.4 Å². The molecule has 0 aliphatic rings. The number of carbonyl (C=O) groups excluding carboxylic acids is 1. The van der Waals surface area contributed by atoms with Crippen molar-refractivity contribution in [1.82, 2.24) is 9.97 Å². The topological polar surface area (TPSA) is 89.0 Å². The summed E-state index contributed by atoms with van der Waals surface area (Å²) in [5.74, 6) is -0.495. The maximum Gasteiger partial charge on any atom is 0.275 e. The van der Waals surface area contributed by atoms with Gasteiger partial charge >= 0.3 is 0 Å². The summed E-state index contributed by atoms with van der Waals surface area (Å²) in [7, 11) is -3.64. The van der Waals surface area contributed by atoms with Crippen LogP contribution in [0.25, 0.3) is 0 Å². The van der Waals surface area contributed by atoms with Crippen molar-refractivity contribution in [3.63, 3.8) is 0 Å². The molecular weight excluding hydrogens is 394 g/mol. The largest absolute Gasteiger partial charge is 0.321 e. The lowest BCUT2D eigenvalue weighted by Gasteiger charge is -2.10. The summed E-state index contributed by atoms with van der Waals surface area (Å²) in [5.41, 5.74) is 2.79. The van der Waals surface area contributed by atoms with Crippen LogP contribution >= 0.6 is 11.8 Å². The molecule has 0 atom stereocenters. The molecule has 28 heavy (non-hydrogen) atoms. The molecule has 2 aromatic carbocycles. The lowest BCUT2D eigenvalue weighted by molar-refractivity contribution is 0.101. The van der Waals surface area contributed by atoms with Crippen LogP contribution in [0.3, 0.4) is 0 Å². The van der Waals surface area contributed by atoms with Gasteiger partial charge in [0.25, 0.3) is 5.91 Å². The second-order valence-corrected chi connectivity index (χ2v) is 9.40. The average Bonchev–Trinajstić information content (AvgIpc) is 2.65. The third-order valence-corrected chi connectivity index (χ3v) is 5.72. The van der Waals surface area contributed by atoms with E-state index in [0.717, 1.165) is 22.3 Å². The van der Waals surface area contributed by atoms with E-state index in [4.69, 9.17) is 0 Å². The van der Waals surface area contributed by atoms with Gasteiger partial charge in [0, 0.05) is 23.0 Å². The van der Waals surface area contributed by atoms with Crippen molar-refractivity contribution < 1.29 is 13.2 Å². The van der Waals surface area contributed by atoms with E-state index in [2.05, 4.69) is 15.3 Å². The molecular formula is C20H19N3O3S2. The fraction of sp³-hybridized carbons (Fsp3) is 0.150. The highest BCUT2D eigenvalue weighted by Gasteiger charge is 2.20. The number of rotatable bonds is 5. The van der Waals surface area contributed by atoms with Gasteiger partial charge in [-0.2, -0.15) is 0 Å². The molecule has 3 aromatic rings. The Morgan fingerprint density at radius 3 is 2.11 bits per heavy atom. The van der Waals surface area contributed by atoms with Gasteiger partial charge in [-0.3, -0.25) is 4.79 Å². The number of nitrogens with one attached hydrogen (secondary N) is 1. The number of nitrogens with zero attached hydrogens (tertiary/aromatic N) is 2. The van der Waals surface area contributed by atoms with Gasteiger partial charge in [-0.15, -0.1) is 0 Å². The number of hydrogen-bond acceptors (Lipinski definition) is 6. The summed E-state index contributed by atoms with van der Waals surface area (Å²) in [6, 6.07) is 15.1. The van der Waals surface area contributed by atoms with Crippen molar-refractivity contribution in [2.45, 2.75) is 28.8 Å². The third-order valence-electron chi connectivity index (χ3n) is 3.84. The maximum absolute atomic E-state index is 12.8. The Balaban J connectivity index is 1.98. The molecule has 0 bridgehead atoms. The molecule has 0 unspecified atom stereocenters. The van der Waals surface area contributed by atoms with Crippen LogP contribution in [0.4, 0.5) is 5.69 Å². The van der Waals surface area contributed by atoms with Gasteiger partial charge in [0.05, 0.1) is 4.90 Å². The Labute approximate surface area is 168 Å². The van der Waals surface area contributed by atoms with E-state index >= 15 is 0 Å². The summed E-state index contributed by atoms with van der Waals surface area (Å²) >= 11 is 1.30. The SMILES string of the molecule is Cc1ccc(NC(=O)c2nc(S(C)(=O)=O)ncc2Sc2ccc(C)cc2)cc1. The van der Waals surface area contributed by atoms with E-state index < -0.39 is 15.7 Å². The number of sulfone groups is 1. The van der Waals surface area contributed by atoms with Crippen LogP contribution in [0.5, 0.6) is 0 Å². The molecule has 0 saturated heterocycles. The van der Waals surface area contributed by atoms with Gasteiger partial charge in [-0.1, -0.05) is 47.2 Å². The zero-order chi connectivity index (χ0) is 20.3. The third kappa shape index (κ3) is 4.96. The Hall–Kier alpha value is -2.71. The minimum Gasteiger partial charge on any atom is -0.321 e. The summed E-state index contributed by atoms with van der Waals surface area (Å²) in [4.78, 5) is 22.2. The molecule has 0 aliphatic heterocycles. The quantitative estimate of drug-likeness (QED) is 0.638. The Bertz CT molecular complexity index is 1110. The molecule has 6 nitrogen and oxygen atoms in total. The molecule has 1 N–H and O–H groups in total. The molecule has 144 valence electrons. The number of aromatic nitrogens is 2. The molecule has 1 amide bonds. The zero-order valence-electron chi connectivity index (χ0n) is 15.6. The van der Waals surface area contributed by atoms with Crippen molar-refractivity contribution >= 4 is 33.2 Å². The first-order valence-electron chi connectivity index (χ1n) is 8.42. The maximum atomic E-state index is 12.8. The van der Waals surface area contributed by atoms with Crippen LogP contribution in [0, 0.1) is 13.8 Å². The van der Waals surface area contributed by atoms with Gasteiger partial charge < -0.3 is 5.32 Å².